The molecule has 2 rings (SSSR count). The van der Waals surface area contributed by atoms with Gasteiger partial charge in [-0.3, -0.25) is 0 Å². The number of hydrogen-bond acceptors (Lipinski definition) is 2. The van der Waals surface area contributed by atoms with Crippen LogP contribution >= 0.6 is 34.5 Å². The van der Waals surface area contributed by atoms with Crippen LogP contribution in [0, 0.1) is 0 Å². The van der Waals surface area contributed by atoms with Gasteiger partial charge in [-0.25, -0.2) is 0 Å². The van der Waals surface area contributed by atoms with Crippen LogP contribution < -0.4 is 0 Å². The largest absolute Gasteiger partial charge is 0.380 e. The molecule has 0 saturated carbocycles. The summed E-state index contributed by atoms with van der Waals surface area (Å²) in [5.41, 5.74) is -0.361. The van der Waals surface area contributed by atoms with E-state index in [4.69, 9.17) is 23.2 Å². The topological polar surface area (TPSA) is 20.2 Å². The molecule has 2 aromatic rings. The summed E-state index contributed by atoms with van der Waals surface area (Å²) >= 11 is 13.4. The van der Waals surface area contributed by atoms with Crippen LogP contribution in [-0.2, 0) is 5.60 Å². The van der Waals surface area contributed by atoms with Crippen molar-refractivity contribution in [1.29, 1.82) is 0 Å². The van der Waals surface area contributed by atoms with Crippen molar-refractivity contribution in [2.24, 2.45) is 0 Å². The zero-order valence-electron chi connectivity index (χ0n) is 8.58. The van der Waals surface area contributed by atoms with Crippen molar-refractivity contribution in [2.75, 3.05) is 0 Å². The third-order valence-electron chi connectivity index (χ3n) is 2.45. The fourth-order valence-electron chi connectivity index (χ4n) is 1.56. The quantitative estimate of drug-likeness (QED) is 0.864. The molecule has 0 bridgehead atoms. The van der Waals surface area contributed by atoms with Gasteiger partial charge < -0.3 is 5.11 Å². The number of halogens is 2. The van der Waals surface area contributed by atoms with Crippen molar-refractivity contribution in [3.05, 3.63) is 56.2 Å². The van der Waals surface area contributed by atoms with Gasteiger partial charge in [0.05, 0.1) is 9.90 Å². The first-order chi connectivity index (χ1) is 7.51. The summed E-state index contributed by atoms with van der Waals surface area (Å²) < 4.78 is 0. The average Bonchev–Trinajstić information content (AvgIpc) is 2.65. The summed E-state index contributed by atoms with van der Waals surface area (Å²) in [5, 5.41) is 13.6. The molecule has 0 fully saturated rings. The Morgan fingerprint density at radius 2 is 2.00 bits per heavy atom. The minimum atomic E-state index is -1.10. The molecule has 1 N–H and O–H groups in total. The van der Waals surface area contributed by atoms with E-state index >= 15 is 0 Å². The molecule has 0 spiro atoms. The van der Waals surface area contributed by atoms with Crippen molar-refractivity contribution in [3.63, 3.8) is 0 Å². The van der Waals surface area contributed by atoms with Crippen molar-refractivity contribution in [3.8, 4) is 0 Å². The summed E-state index contributed by atoms with van der Waals surface area (Å²) in [5.74, 6) is 0. The van der Waals surface area contributed by atoms with E-state index in [0.29, 0.717) is 10.0 Å². The number of hydrogen-bond donors (Lipinski definition) is 1. The van der Waals surface area contributed by atoms with Crippen LogP contribution in [0.25, 0.3) is 0 Å². The van der Waals surface area contributed by atoms with Crippen LogP contribution in [0.2, 0.25) is 10.0 Å². The van der Waals surface area contributed by atoms with Crippen LogP contribution in [0.3, 0.4) is 0 Å². The number of benzene rings is 1. The predicted octanol–water partition coefficient (Wildman–Crippen LogP) is 4.31. The third kappa shape index (κ3) is 2.11. The summed E-state index contributed by atoms with van der Waals surface area (Å²) in [6, 6.07) is 8.95. The molecule has 0 aliphatic carbocycles. The van der Waals surface area contributed by atoms with Crippen LogP contribution in [-0.4, -0.2) is 5.11 Å². The fourth-order valence-corrected chi connectivity index (χ4v) is 3.08. The minimum Gasteiger partial charge on any atom is -0.380 e. The van der Waals surface area contributed by atoms with Gasteiger partial charge >= 0.3 is 0 Å². The molecule has 0 amide bonds. The molecule has 4 heteroatoms. The molecule has 1 aromatic carbocycles. The molecular weight excluding hydrogens is 263 g/mol. The monoisotopic (exact) mass is 272 g/mol. The van der Waals surface area contributed by atoms with Gasteiger partial charge in [0.1, 0.15) is 5.60 Å². The van der Waals surface area contributed by atoms with E-state index in [1.54, 1.807) is 25.1 Å². The standard InChI is InChI=1S/C12H10Cl2OS/c1-12(15,11-10(14)5-6-16-11)8-3-2-4-9(13)7-8/h2-7,15H,1H3. The second kappa shape index (κ2) is 4.38. The predicted molar refractivity (Wildman–Crippen MR) is 69.5 cm³/mol. The zero-order valence-corrected chi connectivity index (χ0v) is 10.9. The van der Waals surface area contributed by atoms with Gasteiger partial charge in [-0.2, -0.15) is 0 Å². The molecule has 0 saturated heterocycles. The van der Waals surface area contributed by atoms with Gasteiger partial charge in [-0.05, 0) is 36.1 Å². The molecule has 0 radical (unpaired) electrons. The first-order valence-corrected chi connectivity index (χ1v) is 6.37. The van der Waals surface area contributed by atoms with Crippen LogP contribution in [0.5, 0.6) is 0 Å². The molecule has 84 valence electrons. The van der Waals surface area contributed by atoms with E-state index in [9.17, 15) is 5.11 Å². The molecule has 1 aromatic heterocycles. The van der Waals surface area contributed by atoms with E-state index in [-0.39, 0.29) is 0 Å². The van der Waals surface area contributed by atoms with E-state index in [1.807, 2.05) is 17.5 Å². The zero-order chi connectivity index (χ0) is 11.8. The fraction of sp³-hybridized carbons (Fsp3) is 0.167. The smallest absolute Gasteiger partial charge is 0.122 e. The molecule has 0 aliphatic heterocycles. The normalized spacial score (nSPS) is 14.8. The molecule has 1 nitrogen and oxygen atoms in total. The van der Waals surface area contributed by atoms with E-state index in [0.717, 1.165) is 10.4 Å². The Morgan fingerprint density at radius 3 is 2.56 bits per heavy atom. The van der Waals surface area contributed by atoms with Crippen molar-refractivity contribution in [2.45, 2.75) is 12.5 Å². The molecule has 16 heavy (non-hydrogen) atoms. The van der Waals surface area contributed by atoms with Crippen LogP contribution in [0.4, 0.5) is 0 Å². The van der Waals surface area contributed by atoms with Gasteiger partial charge in [0.25, 0.3) is 0 Å². The maximum atomic E-state index is 10.5. The van der Waals surface area contributed by atoms with Crippen LogP contribution in [0.15, 0.2) is 35.7 Å². The van der Waals surface area contributed by atoms with Gasteiger partial charge in [0.2, 0.25) is 0 Å². The molecular formula is C12H10Cl2OS. The van der Waals surface area contributed by atoms with Crippen molar-refractivity contribution >= 4 is 34.5 Å². The maximum absolute atomic E-state index is 10.5. The lowest BCUT2D eigenvalue weighted by Crippen LogP contribution is -2.21. The lowest BCUT2D eigenvalue weighted by atomic mass is 9.94. The highest BCUT2D eigenvalue weighted by Gasteiger charge is 2.29. The minimum absolute atomic E-state index is 0.579. The van der Waals surface area contributed by atoms with Gasteiger partial charge in [-0.15, -0.1) is 11.3 Å². The Morgan fingerprint density at radius 1 is 1.25 bits per heavy atom. The Bertz CT molecular complexity index is 505. The SMILES string of the molecule is CC(O)(c1cccc(Cl)c1)c1sccc1Cl. The van der Waals surface area contributed by atoms with E-state index < -0.39 is 5.60 Å². The number of thiophene rings is 1. The maximum Gasteiger partial charge on any atom is 0.122 e. The Labute approximate surface area is 108 Å². The average molecular weight is 273 g/mol. The first kappa shape index (κ1) is 11.9. The summed E-state index contributed by atoms with van der Waals surface area (Å²) in [4.78, 5) is 0.733. The van der Waals surface area contributed by atoms with E-state index in [2.05, 4.69) is 0 Å². The molecule has 0 aliphatic rings. The second-order valence-electron chi connectivity index (χ2n) is 3.68. The van der Waals surface area contributed by atoms with Crippen molar-refractivity contribution < 1.29 is 5.11 Å². The molecule has 1 heterocycles. The van der Waals surface area contributed by atoms with E-state index in [1.165, 1.54) is 11.3 Å². The second-order valence-corrected chi connectivity index (χ2v) is 5.44. The Balaban J connectivity index is 2.51. The van der Waals surface area contributed by atoms with Gasteiger partial charge in [0, 0.05) is 5.02 Å². The Hall–Kier alpha value is -0.540. The third-order valence-corrected chi connectivity index (χ3v) is 4.23. The highest BCUT2D eigenvalue weighted by molar-refractivity contribution is 7.10. The summed E-state index contributed by atoms with van der Waals surface area (Å²) in [6.07, 6.45) is 0. The molecule has 1 unspecified atom stereocenters. The van der Waals surface area contributed by atoms with Crippen molar-refractivity contribution in [1.82, 2.24) is 0 Å². The van der Waals surface area contributed by atoms with Gasteiger partial charge in [-0.1, -0.05) is 35.3 Å². The van der Waals surface area contributed by atoms with Gasteiger partial charge in [0.15, 0.2) is 0 Å². The highest BCUT2D eigenvalue weighted by atomic mass is 35.5. The Kier molecular flexibility index (Phi) is 3.27. The first-order valence-electron chi connectivity index (χ1n) is 4.73. The lowest BCUT2D eigenvalue weighted by Gasteiger charge is -2.23. The highest BCUT2D eigenvalue weighted by Crippen LogP contribution is 2.38. The number of rotatable bonds is 2. The summed E-state index contributed by atoms with van der Waals surface area (Å²) in [6.45, 7) is 1.72. The summed E-state index contributed by atoms with van der Waals surface area (Å²) in [7, 11) is 0. The van der Waals surface area contributed by atoms with Crippen LogP contribution in [0.1, 0.15) is 17.4 Å². The number of aliphatic hydroxyl groups is 1. The molecule has 1 atom stereocenters. The lowest BCUT2D eigenvalue weighted by molar-refractivity contribution is 0.106.